The van der Waals surface area contributed by atoms with Gasteiger partial charge in [0.25, 0.3) is 0 Å². The van der Waals surface area contributed by atoms with Crippen molar-refractivity contribution in [3.63, 3.8) is 0 Å². The van der Waals surface area contributed by atoms with Crippen LogP contribution in [0.15, 0.2) is 24.3 Å². The fourth-order valence-electron chi connectivity index (χ4n) is 1.89. The SMILES string of the molecule is COc1ccc(OCCN(C)C(=O)C(C)NC(=O)C(C)(C)C)cc1. The van der Waals surface area contributed by atoms with Gasteiger partial charge in [-0.1, -0.05) is 20.8 Å². The molecule has 0 spiro atoms. The van der Waals surface area contributed by atoms with Gasteiger partial charge in [0.05, 0.1) is 13.7 Å². The Morgan fingerprint density at radius 2 is 1.71 bits per heavy atom. The fraction of sp³-hybridized carbons (Fsp3) is 0.556. The maximum atomic E-state index is 12.3. The van der Waals surface area contributed by atoms with Gasteiger partial charge in [-0.15, -0.1) is 0 Å². The van der Waals surface area contributed by atoms with E-state index in [4.69, 9.17) is 9.47 Å². The number of ether oxygens (including phenoxy) is 2. The molecule has 1 rings (SSSR count). The molecule has 0 radical (unpaired) electrons. The number of benzene rings is 1. The molecule has 0 heterocycles. The van der Waals surface area contributed by atoms with Crippen LogP contribution in [0.5, 0.6) is 11.5 Å². The van der Waals surface area contributed by atoms with Gasteiger partial charge in [-0.3, -0.25) is 9.59 Å². The third-order valence-electron chi connectivity index (χ3n) is 3.53. The molecular formula is C18H28N2O4. The molecule has 1 aromatic rings. The number of carbonyl (C=O) groups excluding carboxylic acids is 2. The van der Waals surface area contributed by atoms with E-state index in [0.717, 1.165) is 5.75 Å². The lowest BCUT2D eigenvalue weighted by Crippen LogP contribution is -2.49. The van der Waals surface area contributed by atoms with Crippen LogP contribution in [0.3, 0.4) is 0 Å². The number of carbonyl (C=O) groups is 2. The Hall–Kier alpha value is -2.24. The number of hydrogen-bond donors (Lipinski definition) is 1. The minimum Gasteiger partial charge on any atom is -0.497 e. The van der Waals surface area contributed by atoms with Gasteiger partial charge >= 0.3 is 0 Å². The lowest BCUT2D eigenvalue weighted by molar-refractivity contribution is -0.137. The predicted octanol–water partition coefficient (Wildman–Crippen LogP) is 2.08. The molecule has 1 N–H and O–H groups in total. The zero-order valence-electron chi connectivity index (χ0n) is 15.4. The van der Waals surface area contributed by atoms with Crippen molar-refractivity contribution in [2.24, 2.45) is 5.41 Å². The Balaban J connectivity index is 2.41. The molecule has 6 heteroatoms. The predicted molar refractivity (Wildman–Crippen MR) is 93.2 cm³/mol. The molecule has 1 aromatic carbocycles. The molecule has 0 aliphatic heterocycles. The lowest BCUT2D eigenvalue weighted by Gasteiger charge is -2.25. The third kappa shape index (κ3) is 6.10. The average Bonchev–Trinajstić information content (AvgIpc) is 2.53. The van der Waals surface area contributed by atoms with E-state index in [0.29, 0.717) is 18.9 Å². The first-order valence-corrected chi connectivity index (χ1v) is 7.98. The topological polar surface area (TPSA) is 67.9 Å². The summed E-state index contributed by atoms with van der Waals surface area (Å²) in [5, 5.41) is 2.74. The molecule has 2 amide bonds. The van der Waals surface area contributed by atoms with Crippen molar-refractivity contribution in [2.75, 3.05) is 27.3 Å². The van der Waals surface area contributed by atoms with E-state index in [-0.39, 0.29) is 11.8 Å². The van der Waals surface area contributed by atoms with E-state index in [1.165, 1.54) is 0 Å². The summed E-state index contributed by atoms with van der Waals surface area (Å²) in [5.74, 6) is 1.18. The van der Waals surface area contributed by atoms with Crippen LogP contribution in [0, 0.1) is 5.41 Å². The first-order valence-electron chi connectivity index (χ1n) is 7.98. The average molecular weight is 336 g/mol. The molecule has 6 nitrogen and oxygen atoms in total. The van der Waals surface area contributed by atoms with Gasteiger partial charge in [0, 0.05) is 12.5 Å². The molecule has 0 saturated heterocycles. The highest BCUT2D eigenvalue weighted by Gasteiger charge is 2.26. The molecule has 1 atom stereocenters. The summed E-state index contributed by atoms with van der Waals surface area (Å²) >= 11 is 0. The van der Waals surface area contributed by atoms with Crippen LogP contribution in [0.1, 0.15) is 27.7 Å². The van der Waals surface area contributed by atoms with E-state index >= 15 is 0 Å². The summed E-state index contributed by atoms with van der Waals surface area (Å²) in [6.07, 6.45) is 0. The van der Waals surface area contributed by atoms with Gasteiger partial charge in [-0.05, 0) is 31.2 Å². The van der Waals surface area contributed by atoms with E-state index in [2.05, 4.69) is 5.32 Å². The van der Waals surface area contributed by atoms with E-state index < -0.39 is 11.5 Å². The normalized spacial score (nSPS) is 12.2. The second-order valence-corrected chi connectivity index (χ2v) is 6.73. The first-order chi connectivity index (χ1) is 11.1. The first kappa shape index (κ1) is 19.8. The van der Waals surface area contributed by atoms with E-state index in [9.17, 15) is 9.59 Å². The molecule has 0 aromatic heterocycles. The summed E-state index contributed by atoms with van der Waals surface area (Å²) in [4.78, 5) is 25.8. The number of rotatable bonds is 7. The smallest absolute Gasteiger partial charge is 0.244 e. The highest BCUT2D eigenvalue weighted by molar-refractivity contribution is 5.89. The van der Waals surface area contributed by atoms with Crippen molar-refractivity contribution in [1.29, 1.82) is 0 Å². The molecule has 0 saturated carbocycles. The molecule has 0 aliphatic rings. The molecule has 0 fully saturated rings. The van der Waals surface area contributed by atoms with Crippen LogP contribution in [-0.2, 0) is 9.59 Å². The number of methoxy groups -OCH3 is 1. The van der Waals surface area contributed by atoms with Gasteiger partial charge in [-0.2, -0.15) is 0 Å². The molecular weight excluding hydrogens is 308 g/mol. The monoisotopic (exact) mass is 336 g/mol. The number of nitrogens with one attached hydrogen (secondary N) is 1. The maximum absolute atomic E-state index is 12.3. The van der Waals surface area contributed by atoms with Crippen molar-refractivity contribution in [2.45, 2.75) is 33.7 Å². The summed E-state index contributed by atoms with van der Waals surface area (Å²) in [6, 6.07) is 6.69. The summed E-state index contributed by atoms with van der Waals surface area (Å²) in [7, 11) is 3.30. The van der Waals surface area contributed by atoms with Gasteiger partial charge in [-0.25, -0.2) is 0 Å². The summed E-state index contributed by atoms with van der Waals surface area (Å²) in [6.45, 7) is 7.92. The van der Waals surface area contributed by atoms with Crippen molar-refractivity contribution < 1.29 is 19.1 Å². The van der Waals surface area contributed by atoms with Gasteiger partial charge in [0.15, 0.2) is 0 Å². The van der Waals surface area contributed by atoms with E-state index in [1.54, 1.807) is 26.0 Å². The van der Waals surface area contributed by atoms with Gasteiger partial charge in [0.1, 0.15) is 24.1 Å². The summed E-state index contributed by atoms with van der Waals surface area (Å²) in [5.41, 5.74) is -0.523. The largest absolute Gasteiger partial charge is 0.497 e. The number of hydrogen-bond acceptors (Lipinski definition) is 4. The highest BCUT2D eigenvalue weighted by atomic mass is 16.5. The zero-order chi connectivity index (χ0) is 18.3. The fourth-order valence-corrected chi connectivity index (χ4v) is 1.89. The minimum atomic E-state index is -0.567. The standard InChI is InChI=1S/C18H28N2O4/c1-13(19-17(22)18(2,3)4)16(21)20(5)11-12-24-15-9-7-14(23-6)8-10-15/h7-10,13H,11-12H2,1-6H3,(H,19,22). The molecule has 1 unspecified atom stereocenters. The van der Waals surface area contributed by atoms with Crippen LogP contribution >= 0.6 is 0 Å². The number of likely N-dealkylation sites (N-methyl/N-ethyl adjacent to an activating group) is 1. The Kier molecular flexibility index (Phi) is 7.07. The molecule has 134 valence electrons. The van der Waals surface area contributed by atoms with Gasteiger partial charge < -0.3 is 19.7 Å². The zero-order valence-corrected chi connectivity index (χ0v) is 15.4. The van der Waals surface area contributed by atoms with Crippen LogP contribution in [0.4, 0.5) is 0 Å². The number of nitrogens with zero attached hydrogens (tertiary/aromatic N) is 1. The van der Waals surface area contributed by atoms with E-state index in [1.807, 2.05) is 45.0 Å². The quantitative estimate of drug-likeness (QED) is 0.828. The minimum absolute atomic E-state index is 0.147. The Bertz CT molecular complexity index is 549. The van der Waals surface area contributed by atoms with Gasteiger partial charge in [0.2, 0.25) is 11.8 Å². The van der Waals surface area contributed by atoms with Crippen LogP contribution in [-0.4, -0.2) is 50.1 Å². The third-order valence-corrected chi connectivity index (χ3v) is 3.53. The number of amides is 2. The molecule has 24 heavy (non-hydrogen) atoms. The Morgan fingerprint density at radius 3 is 2.21 bits per heavy atom. The van der Waals surface area contributed by atoms with Crippen LogP contribution in [0.2, 0.25) is 0 Å². The second-order valence-electron chi connectivity index (χ2n) is 6.73. The lowest BCUT2D eigenvalue weighted by atomic mass is 9.95. The van der Waals surface area contributed by atoms with Crippen molar-refractivity contribution in [1.82, 2.24) is 10.2 Å². The van der Waals surface area contributed by atoms with Crippen LogP contribution < -0.4 is 14.8 Å². The van der Waals surface area contributed by atoms with Crippen LogP contribution in [0.25, 0.3) is 0 Å². The summed E-state index contributed by atoms with van der Waals surface area (Å²) < 4.78 is 10.7. The van der Waals surface area contributed by atoms with Crippen molar-refractivity contribution >= 4 is 11.8 Å². The maximum Gasteiger partial charge on any atom is 0.244 e. The second kappa shape index (κ2) is 8.57. The highest BCUT2D eigenvalue weighted by Crippen LogP contribution is 2.17. The Labute approximate surface area is 144 Å². The van der Waals surface area contributed by atoms with Crippen molar-refractivity contribution in [3.8, 4) is 11.5 Å². The molecule has 0 bridgehead atoms. The Morgan fingerprint density at radius 1 is 1.17 bits per heavy atom. The van der Waals surface area contributed by atoms with Crippen molar-refractivity contribution in [3.05, 3.63) is 24.3 Å². The molecule has 0 aliphatic carbocycles.